The van der Waals surface area contributed by atoms with Crippen molar-refractivity contribution in [2.24, 2.45) is 0 Å². The summed E-state index contributed by atoms with van der Waals surface area (Å²) < 4.78 is 5.17. The number of nitrogens with one attached hydrogen (secondary N) is 1. The van der Waals surface area contributed by atoms with Crippen molar-refractivity contribution in [2.75, 3.05) is 22.9 Å². The van der Waals surface area contributed by atoms with Crippen molar-refractivity contribution in [3.05, 3.63) is 54.9 Å². The zero-order valence-electron chi connectivity index (χ0n) is 13.3. The second-order valence-corrected chi connectivity index (χ2v) is 5.98. The van der Waals surface area contributed by atoms with Crippen LogP contribution in [0.1, 0.15) is 0 Å². The second kappa shape index (κ2) is 6.01. The van der Waals surface area contributed by atoms with E-state index in [1.54, 1.807) is 18.3 Å². The predicted octanol–water partition coefficient (Wildman–Crippen LogP) is 3.74. The molecule has 0 aliphatic heterocycles. The average Bonchev–Trinajstić information content (AvgIpc) is 3.10. The lowest BCUT2D eigenvalue weighted by Gasteiger charge is -2.20. The molecule has 0 spiro atoms. The Labute approximate surface area is 143 Å². The molecule has 0 amide bonds. The monoisotopic (exact) mass is 336 g/mol. The third-order valence-corrected chi connectivity index (χ3v) is 4.35. The third kappa shape index (κ3) is 2.43. The van der Waals surface area contributed by atoms with Gasteiger partial charge >= 0.3 is 0 Å². The number of benzene rings is 2. The number of anilines is 3. The summed E-state index contributed by atoms with van der Waals surface area (Å²) in [7, 11) is 2.01. The van der Waals surface area contributed by atoms with E-state index in [1.165, 1.54) is 0 Å². The van der Waals surface area contributed by atoms with E-state index in [-0.39, 0.29) is 0 Å². The molecule has 0 bridgehead atoms. The van der Waals surface area contributed by atoms with Crippen LogP contribution in [-0.4, -0.2) is 32.9 Å². The molecule has 0 saturated heterocycles. The van der Waals surface area contributed by atoms with Gasteiger partial charge in [-0.05, 0) is 30.3 Å². The number of nitrogens with zero attached hydrogens (tertiary/aromatic N) is 5. The minimum atomic E-state index is 0.585. The summed E-state index contributed by atoms with van der Waals surface area (Å²) in [4.78, 5) is 6.77. The topological polar surface area (TPSA) is 58.3 Å². The molecule has 6 nitrogen and oxygen atoms in total. The van der Waals surface area contributed by atoms with Crippen molar-refractivity contribution in [2.45, 2.75) is 0 Å². The van der Waals surface area contributed by atoms with Crippen LogP contribution in [-0.2, 0) is 0 Å². The molecule has 2 heterocycles. The number of hydrogen-bond acceptors (Lipinski definition) is 6. The van der Waals surface area contributed by atoms with E-state index in [0.717, 1.165) is 28.1 Å². The number of rotatable bonds is 4. The Bertz CT molecular complexity index is 998. The normalized spacial score (nSPS) is 11.1. The van der Waals surface area contributed by atoms with Crippen LogP contribution in [0.2, 0.25) is 0 Å². The smallest absolute Gasteiger partial charge is 0.257 e. The van der Waals surface area contributed by atoms with Gasteiger partial charge in [-0.15, -0.1) is 10.2 Å². The van der Waals surface area contributed by atoms with Crippen molar-refractivity contribution in [1.29, 1.82) is 0 Å². The fraction of sp³-hybridized carbons (Fsp3) is 0.118. The third-order valence-electron chi connectivity index (χ3n) is 3.91. The van der Waals surface area contributed by atoms with Gasteiger partial charge in [0.1, 0.15) is 12.1 Å². The molecule has 2 aromatic carbocycles. The Morgan fingerprint density at radius 3 is 2.75 bits per heavy atom. The Morgan fingerprint density at radius 2 is 1.96 bits per heavy atom. The van der Waals surface area contributed by atoms with Crippen LogP contribution in [0.3, 0.4) is 0 Å². The molecule has 0 saturated carbocycles. The second-order valence-electron chi connectivity index (χ2n) is 5.37. The first-order valence-corrected chi connectivity index (χ1v) is 8.71. The van der Waals surface area contributed by atoms with Crippen LogP contribution < -0.4 is 9.62 Å². The van der Waals surface area contributed by atoms with Gasteiger partial charge in [-0.2, -0.15) is 4.98 Å². The fourth-order valence-electron chi connectivity index (χ4n) is 2.76. The lowest BCUT2D eigenvalue weighted by atomic mass is 10.2. The highest BCUT2D eigenvalue weighted by molar-refractivity contribution is 7.99. The first kappa shape index (κ1) is 14.8. The molecule has 0 atom stereocenters. The zero-order chi connectivity index (χ0) is 16.5. The summed E-state index contributed by atoms with van der Waals surface area (Å²) >= 11 is 1.56. The van der Waals surface area contributed by atoms with Crippen molar-refractivity contribution in [3.63, 3.8) is 0 Å². The molecule has 7 heteroatoms. The first-order valence-electron chi connectivity index (χ1n) is 7.49. The molecule has 4 rings (SSSR count). The van der Waals surface area contributed by atoms with E-state index < -0.39 is 0 Å². The van der Waals surface area contributed by atoms with Crippen LogP contribution in [0, 0.1) is 0 Å². The molecule has 4 aromatic rings. The predicted molar refractivity (Wildman–Crippen MR) is 99.9 cm³/mol. The standard InChI is InChI=1S/C17H16N6S/c1-22(13-6-4-3-5-7-13)16-14-9-8-12(21-24-2)10-15(14)23-11-18-20-17(23)19-16/h3-11,21H,1-2H3. The summed E-state index contributed by atoms with van der Waals surface area (Å²) in [6.07, 6.45) is 3.69. The van der Waals surface area contributed by atoms with Gasteiger partial charge < -0.3 is 9.62 Å². The van der Waals surface area contributed by atoms with Crippen molar-refractivity contribution < 1.29 is 0 Å². The van der Waals surface area contributed by atoms with Gasteiger partial charge in [0.25, 0.3) is 5.78 Å². The van der Waals surface area contributed by atoms with Gasteiger partial charge in [-0.1, -0.05) is 30.1 Å². The zero-order valence-corrected chi connectivity index (χ0v) is 14.2. The Kier molecular flexibility index (Phi) is 3.70. The molecule has 120 valence electrons. The van der Waals surface area contributed by atoms with E-state index >= 15 is 0 Å². The highest BCUT2D eigenvalue weighted by Gasteiger charge is 2.14. The summed E-state index contributed by atoms with van der Waals surface area (Å²) in [5.41, 5.74) is 3.12. The number of fused-ring (bicyclic) bond motifs is 3. The highest BCUT2D eigenvalue weighted by Crippen LogP contribution is 2.31. The molecular formula is C17H16N6S. The van der Waals surface area contributed by atoms with Crippen molar-refractivity contribution in [3.8, 4) is 0 Å². The maximum absolute atomic E-state index is 4.70. The molecule has 1 N–H and O–H groups in total. The van der Waals surface area contributed by atoms with Crippen LogP contribution in [0.4, 0.5) is 17.2 Å². The van der Waals surface area contributed by atoms with Gasteiger partial charge in [0.15, 0.2) is 0 Å². The maximum atomic E-state index is 4.70. The van der Waals surface area contributed by atoms with Crippen LogP contribution in [0.15, 0.2) is 54.9 Å². The molecule has 0 aliphatic rings. The molecular weight excluding hydrogens is 320 g/mol. The van der Waals surface area contributed by atoms with Crippen molar-refractivity contribution >= 4 is 45.8 Å². The van der Waals surface area contributed by atoms with Crippen LogP contribution in [0.25, 0.3) is 16.7 Å². The molecule has 24 heavy (non-hydrogen) atoms. The minimum Gasteiger partial charge on any atom is -0.330 e. The van der Waals surface area contributed by atoms with Gasteiger partial charge in [-0.3, -0.25) is 4.40 Å². The quantitative estimate of drug-likeness (QED) is 0.573. The Balaban J connectivity index is 1.97. The van der Waals surface area contributed by atoms with Gasteiger partial charge in [-0.25, -0.2) is 0 Å². The average molecular weight is 336 g/mol. The molecule has 0 aliphatic carbocycles. The minimum absolute atomic E-state index is 0.585. The summed E-state index contributed by atoms with van der Waals surface area (Å²) in [6, 6.07) is 16.4. The van der Waals surface area contributed by atoms with Gasteiger partial charge in [0.05, 0.1) is 5.52 Å². The summed E-state index contributed by atoms with van der Waals surface area (Å²) in [6.45, 7) is 0. The van der Waals surface area contributed by atoms with E-state index in [1.807, 2.05) is 35.9 Å². The SMILES string of the molecule is CSNc1ccc2c(N(C)c3ccccc3)nc3nncn3c2c1. The summed E-state index contributed by atoms with van der Waals surface area (Å²) in [5, 5.41) is 9.18. The maximum Gasteiger partial charge on any atom is 0.257 e. The highest BCUT2D eigenvalue weighted by atomic mass is 32.2. The number of aromatic nitrogens is 4. The van der Waals surface area contributed by atoms with Crippen LogP contribution in [0.5, 0.6) is 0 Å². The van der Waals surface area contributed by atoms with Gasteiger partial charge in [0, 0.05) is 30.1 Å². The molecule has 0 fully saturated rings. The summed E-state index contributed by atoms with van der Waals surface area (Å²) in [5.74, 6) is 1.44. The molecule has 2 aromatic heterocycles. The van der Waals surface area contributed by atoms with E-state index in [4.69, 9.17) is 4.98 Å². The Morgan fingerprint density at radius 1 is 1.12 bits per heavy atom. The van der Waals surface area contributed by atoms with Gasteiger partial charge in [0.2, 0.25) is 0 Å². The van der Waals surface area contributed by atoms with E-state index in [2.05, 4.69) is 50.2 Å². The largest absolute Gasteiger partial charge is 0.330 e. The van der Waals surface area contributed by atoms with E-state index in [0.29, 0.717) is 5.78 Å². The lowest BCUT2D eigenvalue weighted by molar-refractivity contribution is 1.08. The Hall–Kier alpha value is -2.80. The lowest BCUT2D eigenvalue weighted by Crippen LogP contribution is -2.12. The number of para-hydroxylation sites is 1. The van der Waals surface area contributed by atoms with Crippen molar-refractivity contribution in [1.82, 2.24) is 19.6 Å². The number of hydrogen-bond donors (Lipinski definition) is 1. The van der Waals surface area contributed by atoms with Crippen LogP contribution >= 0.6 is 11.9 Å². The van der Waals surface area contributed by atoms with E-state index in [9.17, 15) is 0 Å². The molecule has 0 unspecified atom stereocenters. The first-order chi connectivity index (χ1) is 11.8. The molecule has 0 radical (unpaired) electrons. The fourth-order valence-corrected chi connectivity index (χ4v) is 3.12.